The predicted molar refractivity (Wildman–Crippen MR) is 65.9 cm³/mol. The molecule has 0 aromatic heterocycles. The molecule has 0 aliphatic carbocycles. The second-order valence-electron chi connectivity index (χ2n) is 4.22. The van der Waals surface area contributed by atoms with Crippen molar-refractivity contribution in [2.24, 2.45) is 5.73 Å². The SMILES string of the molecule is COCC(N)COc1ccccc1C(C)C. The summed E-state index contributed by atoms with van der Waals surface area (Å²) in [5, 5.41) is 0. The van der Waals surface area contributed by atoms with Gasteiger partial charge in [-0.2, -0.15) is 0 Å². The summed E-state index contributed by atoms with van der Waals surface area (Å²) >= 11 is 0. The molecule has 0 amide bonds. The molecule has 2 N–H and O–H groups in total. The Morgan fingerprint density at radius 2 is 1.88 bits per heavy atom. The van der Waals surface area contributed by atoms with Crippen molar-refractivity contribution in [1.29, 1.82) is 0 Å². The fourth-order valence-corrected chi connectivity index (χ4v) is 1.55. The van der Waals surface area contributed by atoms with Crippen LogP contribution in [0.4, 0.5) is 0 Å². The van der Waals surface area contributed by atoms with E-state index in [9.17, 15) is 0 Å². The summed E-state index contributed by atoms with van der Waals surface area (Å²) in [6.45, 7) is 5.30. The molecule has 1 rings (SSSR count). The van der Waals surface area contributed by atoms with Gasteiger partial charge in [-0.25, -0.2) is 0 Å². The Morgan fingerprint density at radius 3 is 2.50 bits per heavy atom. The fourth-order valence-electron chi connectivity index (χ4n) is 1.55. The molecule has 0 spiro atoms. The molecule has 1 aromatic rings. The van der Waals surface area contributed by atoms with Gasteiger partial charge >= 0.3 is 0 Å². The molecule has 1 atom stereocenters. The number of ether oxygens (including phenoxy) is 2. The average Bonchev–Trinajstić information content (AvgIpc) is 2.27. The highest BCUT2D eigenvalue weighted by atomic mass is 16.5. The number of benzene rings is 1. The zero-order valence-corrected chi connectivity index (χ0v) is 10.3. The minimum Gasteiger partial charge on any atom is -0.492 e. The topological polar surface area (TPSA) is 44.5 Å². The molecule has 0 radical (unpaired) electrons. The lowest BCUT2D eigenvalue weighted by molar-refractivity contribution is 0.152. The summed E-state index contributed by atoms with van der Waals surface area (Å²) in [6, 6.07) is 7.99. The molecule has 0 aliphatic rings. The first-order valence-electron chi connectivity index (χ1n) is 5.61. The van der Waals surface area contributed by atoms with E-state index in [2.05, 4.69) is 19.9 Å². The fraction of sp³-hybridized carbons (Fsp3) is 0.538. The second kappa shape index (κ2) is 6.51. The lowest BCUT2D eigenvalue weighted by Gasteiger charge is -2.16. The molecule has 0 heterocycles. The summed E-state index contributed by atoms with van der Waals surface area (Å²) in [7, 11) is 1.64. The van der Waals surface area contributed by atoms with Gasteiger partial charge < -0.3 is 15.2 Å². The van der Waals surface area contributed by atoms with E-state index < -0.39 is 0 Å². The van der Waals surface area contributed by atoms with Crippen molar-refractivity contribution in [2.45, 2.75) is 25.8 Å². The molecular weight excluding hydrogens is 202 g/mol. The minimum atomic E-state index is -0.0785. The van der Waals surface area contributed by atoms with Crippen molar-refractivity contribution >= 4 is 0 Å². The Morgan fingerprint density at radius 1 is 1.19 bits per heavy atom. The highest BCUT2D eigenvalue weighted by molar-refractivity contribution is 5.35. The van der Waals surface area contributed by atoms with Gasteiger partial charge in [0.2, 0.25) is 0 Å². The zero-order chi connectivity index (χ0) is 12.0. The van der Waals surface area contributed by atoms with Crippen LogP contribution in [-0.2, 0) is 4.74 Å². The summed E-state index contributed by atoms with van der Waals surface area (Å²) in [6.07, 6.45) is 0. The molecule has 90 valence electrons. The lowest BCUT2D eigenvalue weighted by atomic mass is 10.0. The Labute approximate surface area is 97.6 Å². The zero-order valence-electron chi connectivity index (χ0n) is 10.3. The van der Waals surface area contributed by atoms with Gasteiger partial charge in [-0.1, -0.05) is 32.0 Å². The van der Waals surface area contributed by atoms with Crippen LogP contribution < -0.4 is 10.5 Å². The van der Waals surface area contributed by atoms with Gasteiger partial charge in [-0.05, 0) is 17.5 Å². The van der Waals surface area contributed by atoms with Crippen LogP contribution in [0.5, 0.6) is 5.75 Å². The Hall–Kier alpha value is -1.06. The van der Waals surface area contributed by atoms with Crippen LogP contribution in [0.25, 0.3) is 0 Å². The van der Waals surface area contributed by atoms with Gasteiger partial charge in [0.05, 0.1) is 12.6 Å². The van der Waals surface area contributed by atoms with Crippen molar-refractivity contribution in [1.82, 2.24) is 0 Å². The highest BCUT2D eigenvalue weighted by Crippen LogP contribution is 2.25. The van der Waals surface area contributed by atoms with E-state index in [1.54, 1.807) is 7.11 Å². The first-order valence-corrected chi connectivity index (χ1v) is 5.61. The summed E-state index contributed by atoms with van der Waals surface area (Å²) < 4.78 is 10.7. The molecule has 0 saturated heterocycles. The molecule has 0 bridgehead atoms. The van der Waals surface area contributed by atoms with E-state index >= 15 is 0 Å². The Balaban J connectivity index is 2.59. The largest absolute Gasteiger partial charge is 0.492 e. The Kier molecular flexibility index (Phi) is 5.29. The first kappa shape index (κ1) is 13.0. The third kappa shape index (κ3) is 3.83. The standard InChI is InChI=1S/C13H21NO2/c1-10(2)12-6-4-5-7-13(12)16-9-11(14)8-15-3/h4-7,10-11H,8-9,14H2,1-3H3. The number of para-hydroxylation sites is 1. The van der Waals surface area contributed by atoms with Crippen LogP contribution in [-0.4, -0.2) is 26.4 Å². The van der Waals surface area contributed by atoms with E-state index in [4.69, 9.17) is 15.2 Å². The van der Waals surface area contributed by atoms with E-state index in [1.165, 1.54) is 5.56 Å². The van der Waals surface area contributed by atoms with Crippen LogP contribution in [0, 0.1) is 0 Å². The van der Waals surface area contributed by atoms with Crippen LogP contribution in [0.3, 0.4) is 0 Å². The van der Waals surface area contributed by atoms with Crippen molar-refractivity contribution < 1.29 is 9.47 Å². The number of hydrogen-bond donors (Lipinski definition) is 1. The third-order valence-electron chi connectivity index (χ3n) is 2.37. The molecule has 3 heteroatoms. The van der Waals surface area contributed by atoms with Gasteiger partial charge in [0, 0.05) is 7.11 Å². The monoisotopic (exact) mass is 223 g/mol. The van der Waals surface area contributed by atoms with Gasteiger partial charge in [0.1, 0.15) is 12.4 Å². The van der Waals surface area contributed by atoms with Crippen molar-refractivity contribution in [3.63, 3.8) is 0 Å². The maximum atomic E-state index is 5.81. The maximum Gasteiger partial charge on any atom is 0.122 e. The van der Waals surface area contributed by atoms with Gasteiger partial charge in [0.25, 0.3) is 0 Å². The smallest absolute Gasteiger partial charge is 0.122 e. The van der Waals surface area contributed by atoms with Crippen LogP contribution >= 0.6 is 0 Å². The van der Waals surface area contributed by atoms with E-state index in [-0.39, 0.29) is 6.04 Å². The minimum absolute atomic E-state index is 0.0785. The van der Waals surface area contributed by atoms with Crippen molar-refractivity contribution in [3.8, 4) is 5.75 Å². The summed E-state index contributed by atoms with van der Waals surface area (Å²) in [5.74, 6) is 1.37. The molecule has 1 aromatic carbocycles. The van der Waals surface area contributed by atoms with Crippen molar-refractivity contribution in [3.05, 3.63) is 29.8 Å². The van der Waals surface area contributed by atoms with Crippen LogP contribution in [0.2, 0.25) is 0 Å². The van der Waals surface area contributed by atoms with Gasteiger partial charge in [-0.3, -0.25) is 0 Å². The van der Waals surface area contributed by atoms with Crippen molar-refractivity contribution in [2.75, 3.05) is 20.3 Å². The normalized spacial score (nSPS) is 12.8. The van der Waals surface area contributed by atoms with E-state index in [1.807, 2.05) is 18.2 Å². The number of rotatable bonds is 6. The molecule has 0 fully saturated rings. The predicted octanol–water partition coefficient (Wildman–Crippen LogP) is 2.16. The maximum absolute atomic E-state index is 5.81. The third-order valence-corrected chi connectivity index (χ3v) is 2.37. The number of nitrogens with two attached hydrogens (primary N) is 1. The number of hydrogen-bond acceptors (Lipinski definition) is 3. The second-order valence-corrected chi connectivity index (χ2v) is 4.22. The average molecular weight is 223 g/mol. The van der Waals surface area contributed by atoms with Crippen LogP contribution in [0.1, 0.15) is 25.3 Å². The number of methoxy groups -OCH3 is 1. The molecule has 3 nitrogen and oxygen atoms in total. The van der Waals surface area contributed by atoms with Crippen LogP contribution in [0.15, 0.2) is 24.3 Å². The molecule has 0 aliphatic heterocycles. The van der Waals surface area contributed by atoms with E-state index in [0.29, 0.717) is 19.1 Å². The van der Waals surface area contributed by atoms with Gasteiger partial charge in [-0.15, -0.1) is 0 Å². The summed E-state index contributed by atoms with van der Waals surface area (Å²) in [5.41, 5.74) is 7.02. The van der Waals surface area contributed by atoms with E-state index in [0.717, 1.165) is 5.75 Å². The molecule has 1 unspecified atom stereocenters. The van der Waals surface area contributed by atoms with Gasteiger partial charge in [0.15, 0.2) is 0 Å². The Bertz CT molecular complexity index is 313. The highest BCUT2D eigenvalue weighted by Gasteiger charge is 2.08. The lowest BCUT2D eigenvalue weighted by Crippen LogP contribution is -2.32. The molecular formula is C13H21NO2. The molecule has 0 saturated carbocycles. The summed E-state index contributed by atoms with van der Waals surface area (Å²) in [4.78, 5) is 0. The molecule has 16 heavy (non-hydrogen) atoms. The quantitative estimate of drug-likeness (QED) is 0.803. The first-order chi connectivity index (χ1) is 7.65.